The third-order valence-corrected chi connectivity index (χ3v) is 6.12. The van der Waals surface area contributed by atoms with Crippen molar-refractivity contribution in [3.8, 4) is 17.1 Å². The number of rotatable bonds is 5. The highest BCUT2D eigenvalue weighted by Crippen LogP contribution is 2.40. The quantitative estimate of drug-likeness (QED) is 0.329. The number of carbonyl (C=O) groups is 2. The lowest BCUT2D eigenvalue weighted by Crippen LogP contribution is -2.53. The van der Waals surface area contributed by atoms with E-state index in [9.17, 15) is 9.59 Å². The standard InChI is InChI=1S/C24H23N3O3S/c1-5-31-21-18-19(25-20(26-21)15-9-7-6-8-10-15)24(2,3)23(29)27(22(18)28)16-11-13-17(30-4)14-12-16/h6-14H,5H2,1-4H3. The molecular formula is C24H23N3O3S. The molecule has 1 aromatic heterocycles. The van der Waals surface area contributed by atoms with E-state index in [2.05, 4.69) is 0 Å². The van der Waals surface area contributed by atoms with Crippen LogP contribution in [0.4, 0.5) is 5.69 Å². The number of ether oxygens (including phenoxy) is 1. The predicted octanol–water partition coefficient (Wildman–Crippen LogP) is 4.73. The fourth-order valence-electron chi connectivity index (χ4n) is 3.59. The number of aromatic nitrogens is 2. The first-order valence-corrected chi connectivity index (χ1v) is 11.0. The van der Waals surface area contributed by atoms with Gasteiger partial charge in [-0.15, -0.1) is 11.8 Å². The summed E-state index contributed by atoms with van der Waals surface area (Å²) in [5.74, 6) is 1.18. The molecule has 158 valence electrons. The second-order valence-electron chi connectivity index (χ2n) is 7.64. The second kappa shape index (κ2) is 8.15. The van der Waals surface area contributed by atoms with Crippen molar-refractivity contribution in [1.29, 1.82) is 0 Å². The maximum Gasteiger partial charge on any atom is 0.269 e. The van der Waals surface area contributed by atoms with Crippen molar-refractivity contribution < 1.29 is 14.3 Å². The number of hydrogen-bond acceptors (Lipinski definition) is 6. The molecule has 0 aliphatic carbocycles. The van der Waals surface area contributed by atoms with Gasteiger partial charge in [-0.2, -0.15) is 0 Å². The molecule has 7 heteroatoms. The van der Waals surface area contributed by atoms with Crippen molar-refractivity contribution in [3.05, 3.63) is 65.9 Å². The van der Waals surface area contributed by atoms with Gasteiger partial charge in [-0.3, -0.25) is 9.59 Å². The topological polar surface area (TPSA) is 72.4 Å². The Bertz CT molecular complexity index is 1140. The van der Waals surface area contributed by atoms with Gasteiger partial charge < -0.3 is 4.74 Å². The summed E-state index contributed by atoms with van der Waals surface area (Å²) in [5, 5.41) is 0.593. The third kappa shape index (κ3) is 3.59. The minimum atomic E-state index is -1.00. The Balaban J connectivity index is 1.91. The lowest BCUT2D eigenvalue weighted by Gasteiger charge is -2.37. The van der Waals surface area contributed by atoms with Crippen molar-refractivity contribution >= 4 is 29.3 Å². The molecule has 0 saturated carbocycles. The van der Waals surface area contributed by atoms with E-state index >= 15 is 0 Å². The van der Waals surface area contributed by atoms with Gasteiger partial charge in [0.2, 0.25) is 5.91 Å². The summed E-state index contributed by atoms with van der Waals surface area (Å²) < 4.78 is 5.20. The zero-order chi connectivity index (χ0) is 22.2. The molecular weight excluding hydrogens is 410 g/mol. The number of fused-ring (bicyclic) bond motifs is 1. The minimum absolute atomic E-state index is 0.319. The highest BCUT2D eigenvalue weighted by molar-refractivity contribution is 7.99. The van der Waals surface area contributed by atoms with Crippen molar-refractivity contribution in [2.24, 2.45) is 0 Å². The lowest BCUT2D eigenvalue weighted by atomic mass is 9.81. The molecule has 1 aliphatic rings. The van der Waals surface area contributed by atoms with Crippen molar-refractivity contribution in [2.45, 2.75) is 31.2 Å². The minimum Gasteiger partial charge on any atom is -0.497 e. The van der Waals surface area contributed by atoms with Crippen LogP contribution in [0.25, 0.3) is 11.4 Å². The molecule has 2 amide bonds. The molecule has 0 atom stereocenters. The lowest BCUT2D eigenvalue weighted by molar-refractivity contribution is -0.122. The molecule has 6 nitrogen and oxygen atoms in total. The number of hydrogen-bond donors (Lipinski definition) is 0. The smallest absolute Gasteiger partial charge is 0.269 e. The van der Waals surface area contributed by atoms with Gasteiger partial charge >= 0.3 is 0 Å². The summed E-state index contributed by atoms with van der Waals surface area (Å²) in [4.78, 5) is 37.8. The predicted molar refractivity (Wildman–Crippen MR) is 122 cm³/mol. The van der Waals surface area contributed by atoms with Crippen molar-refractivity contribution in [1.82, 2.24) is 9.97 Å². The van der Waals surface area contributed by atoms with E-state index in [1.54, 1.807) is 45.2 Å². The maximum absolute atomic E-state index is 13.6. The van der Waals surface area contributed by atoms with Crippen LogP contribution in [0.1, 0.15) is 36.8 Å². The Labute approximate surface area is 185 Å². The molecule has 1 aliphatic heterocycles. The summed E-state index contributed by atoms with van der Waals surface area (Å²) in [6, 6.07) is 16.5. The number of nitrogens with zero attached hydrogens (tertiary/aromatic N) is 3. The van der Waals surface area contributed by atoms with E-state index in [1.807, 2.05) is 37.3 Å². The number of methoxy groups -OCH3 is 1. The van der Waals surface area contributed by atoms with Gasteiger partial charge in [0.25, 0.3) is 5.91 Å². The Kier molecular flexibility index (Phi) is 5.54. The fourth-order valence-corrected chi connectivity index (χ4v) is 4.35. The summed E-state index contributed by atoms with van der Waals surface area (Å²) in [6.45, 7) is 5.62. The van der Waals surface area contributed by atoms with Crippen LogP contribution in [0.2, 0.25) is 0 Å². The fraction of sp³-hybridized carbons (Fsp3) is 0.250. The van der Waals surface area contributed by atoms with E-state index in [-0.39, 0.29) is 5.91 Å². The molecule has 0 spiro atoms. The van der Waals surface area contributed by atoms with Gasteiger partial charge in [-0.25, -0.2) is 14.9 Å². The molecule has 0 saturated heterocycles. The number of anilines is 1. The number of thioether (sulfide) groups is 1. The molecule has 0 N–H and O–H groups in total. The van der Waals surface area contributed by atoms with E-state index in [1.165, 1.54) is 16.7 Å². The molecule has 31 heavy (non-hydrogen) atoms. The van der Waals surface area contributed by atoms with Crippen LogP contribution >= 0.6 is 11.8 Å². The zero-order valence-electron chi connectivity index (χ0n) is 17.9. The maximum atomic E-state index is 13.6. The first-order chi connectivity index (χ1) is 14.9. The first-order valence-electron chi connectivity index (χ1n) is 10.0. The van der Waals surface area contributed by atoms with Gasteiger partial charge in [0.1, 0.15) is 10.8 Å². The average Bonchev–Trinajstić information content (AvgIpc) is 2.79. The summed E-state index contributed by atoms with van der Waals surface area (Å²) in [5.41, 5.74) is 1.20. The monoisotopic (exact) mass is 433 g/mol. The van der Waals surface area contributed by atoms with Crippen LogP contribution in [0.3, 0.4) is 0 Å². The van der Waals surface area contributed by atoms with Crippen LogP contribution in [0.5, 0.6) is 5.75 Å². The Hall–Kier alpha value is -3.19. The summed E-state index contributed by atoms with van der Waals surface area (Å²) >= 11 is 1.48. The van der Waals surface area contributed by atoms with E-state index < -0.39 is 11.3 Å². The Morgan fingerprint density at radius 2 is 1.68 bits per heavy atom. The first kappa shape index (κ1) is 21.1. The Morgan fingerprint density at radius 1 is 1.00 bits per heavy atom. The molecule has 3 aromatic rings. The molecule has 4 rings (SSSR count). The van der Waals surface area contributed by atoms with Crippen LogP contribution in [0, 0.1) is 0 Å². The normalized spacial score (nSPS) is 15.0. The molecule has 0 unspecified atom stereocenters. The number of carbonyl (C=O) groups excluding carboxylic acids is 2. The molecule has 0 radical (unpaired) electrons. The van der Waals surface area contributed by atoms with Gasteiger partial charge in [-0.1, -0.05) is 37.3 Å². The average molecular weight is 434 g/mol. The summed E-state index contributed by atoms with van der Waals surface area (Å²) in [6.07, 6.45) is 0. The van der Waals surface area contributed by atoms with Crippen LogP contribution in [-0.2, 0) is 10.2 Å². The second-order valence-corrected chi connectivity index (χ2v) is 8.90. The van der Waals surface area contributed by atoms with Gasteiger partial charge in [0.15, 0.2) is 5.82 Å². The van der Waals surface area contributed by atoms with Gasteiger partial charge in [0, 0.05) is 5.56 Å². The van der Waals surface area contributed by atoms with Crippen LogP contribution in [-0.4, -0.2) is 34.6 Å². The molecule has 0 bridgehead atoms. The van der Waals surface area contributed by atoms with Gasteiger partial charge in [-0.05, 0) is 43.9 Å². The Morgan fingerprint density at radius 3 is 2.29 bits per heavy atom. The van der Waals surface area contributed by atoms with E-state index in [4.69, 9.17) is 14.7 Å². The van der Waals surface area contributed by atoms with Crippen molar-refractivity contribution in [3.63, 3.8) is 0 Å². The molecule has 2 heterocycles. The number of imide groups is 1. The largest absolute Gasteiger partial charge is 0.497 e. The zero-order valence-corrected chi connectivity index (χ0v) is 18.7. The highest BCUT2D eigenvalue weighted by atomic mass is 32.2. The van der Waals surface area contributed by atoms with Gasteiger partial charge in [0.05, 0.1) is 29.5 Å². The van der Waals surface area contributed by atoms with Crippen LogP contribution in [0.15, 0.2) is 59.6 Å². The van der Waals surface area contributed by atoms with Crippen molar-refractivity contribution in [2.75, 3.05) is 17.8 Å². The third-order valence-electron chi connectivity index (χ3n) is 5.27. The highest BCUT2D eigenvalue weighted by Gasteiger charge is 2.48. The van der Waals surface area contributed by atoms with Crippen LogP contribution < -0.4 is 9.64 Å². The molecule has 0 fully saturated rings. The summed E-state index contributed by atoms with van der Waals surface area (Å²) in [7, 11) is 1.57. The molecule has 2 aromatic carbocycles. The van der Waals surface area contributed by atoms with E-state index in [0.717, 1.165) is 11.3 Å². The number of amides is 2. The SMILES string of the molecule is CCSc1nc(-c2ccccc2)nc2c1C(=O)N(c1ccc(OC)cc1)C(=O)C2(C)C. The van der Waals surface area contributed by atoms with E-state index in [0.29, 0.717) is 33.5 Å². The number of benzene rings is 2.